The van der Waals surface area contributed by atoms with E-state index in [1.54, 1.807) is 0 Å². The monoisotopic (exact) mass is 404 g/mol. The van der Waals surface area contributed by atoms with Gasteiger partial charge in [-0.05, 0) is 49.0 Å². The van der Waals surface area contributed by atoms with Crippen LogP contribution < -0.4 is 0 Å². The number of aliphatic hydroxyl groups is 1. The zero-order valence-corrected chi connectivity index (χ0v) is 18.2. The molecule has 162 valence electrons. The van der Waals surface area contributed by atoms with Gasteiger partial charge in [-0.25, -0.2) is 0 Å². The maximum Gasteiger partial charge on any atom is 0.308 e. The Hall–Kier alpha value is -1.62. The molecular formula is C24H36O5. The molecule has 0 aromatic rings. The number of ether oxygens (including phenoxy) is 2. The molecule has 1 aliphatic heterocycles. The molecule has 1 N–H and O–H groups in total. The summed E-state index contributed by atoms with van der Waals surface area (Å²) < 4.78 is 11.5. The number of esters is 2. The lowest BCUT2D eigenvalue weighted by atomic mass is 9.65. The molecule has 29 heavy (non-hydrogen) atoms. The van der Waals surface area contributed by atoms with Gasteiger partial charge in [0.1, 0.15) is 12.2 Å². The van der Waals surface area contributed by atoms with Crippen molar-refractivity contribution < 1.29 is 24.2 Å². The van der Waals surface area contributed by atoms with Crippen molar-refractivity contribution in [3.05, 3.63) is 23.8 Å². The highest BCUT2D eigenvalue weighted by Crippen LogP contribution is 2.45. The summed E-state index contributed by atoms with van der Waals surface area (Å²) >= 11 is 0. The Morgan fingerprint density at radius 1 is 1.31 bits per heavy atom. The highest BCUT2D eigenvalue weighted by molar-refractivity contribution is 5.72. The van der Waals surface area contributed by atoms with Gasteiger partial charge in [-0.15, -0.1) is 0 Å². The molecule has 2 aliphatic carbocycles. The van der Waals surface area contributed by atoms with Gasteiger partial charge in [0.25, 0.3) is 0 Å². The normalized spacial score (nSPS) is 37.9. The molecule has 3 aliphatic rings. The van der Waals surface area contributed by atoms with Gasteiger partial charge >= 0.3 is 11.9 Å². The molecule has 0 spiro atoms. The summed E-state index contributed by atoms with van der Waals surface area (Å²) in [6.45, 7) is 8.33. The van der Waals surface area contributed by atoms with Gasteiger partial charge in [0.2, 0.25) is 0 Å². The van der Waals surface area contributed by atoms with E-state index in [1.807, 2.05) is 13.8 Å². The van der Waals surface area contributed by atoms with E-state index in [-0.39, 0.29) is 42.4 Å². The van der Waals surface area contributed by atoms with Crippen LogP contribution in [0.15, 0.2) is 23.8 Å². The maximum atomic E-state index is 12.5. The second-order valence-corrected chi connectivity index (χ2v) is 9.36. The Morgan fingerprint density at radius 3 is 2.76 bits per heavy atom. The first-order valence-electron chi connectivity index (χ1n) is 11.3. The van der Waals surface area contributed by atoms with Gasteiger partial charge in [-0.3, -0.25) is 9.59 Å². The van der Waals surface area contributed by atoms with E-state index in [2.05, 4.69) is 32.1 Å². The summed E-state index contributed by atoms with van der Waals surface area (Å²) in [5.74, 6) is 0.755. The Bertz CT molecular complexity index is 666. The first-order valence-corrected chi connectivity index (χ1v) is 11.3. The minimum absolute atomic E-state index is 0.0854. The molecule has 1 saturated heterocycles. The molecule has 1 fully saturated rings. The fourth-order valence-corrected chi connectivity index (χ4v) is 5.07. The van der Waals surface area contributed by atoms with Crippen molar-refractivity contribution >= 4 is 11.9 Å². The number of fused-ring (bicyclic) bond motifs is 1. The largest absolute Gasteiger partial charge is 0.462 e. The predicted molar refractivity (Wildman–Crippen MR) is 111 cm³/mol. The van der Waals surface area contributed by atoms with Crippen LogP contribution in [0.3, 0.4) is 0 Å². The van der Waals surface area contributed by atoms with Crippen LogP contribution in [0.4, 0.5) is 0 Å². The van der Waals surface area contributed by atoms with Gasteiger partial charge in [-0.1, -0.05) is 45.9 Å². The average molecular weight is 405 g/mol. The number of hydrogen-bond donors (Lipinski definition) is 1. The SMILES string of the molecule is CC[C@H](C)C(=O)O[C@H]1C[C@@H](C)C=C2C=C[C@H](C)C(CC[C@@H]3C[C@@H](O)CC(=O)O3)[C@H]21. The summed E-state index contributed by atoms with van der Waals surface area (Å²) in [7, 11) is 0. The van der Waals surface area contributed by atoms with E-state index in [4.69, 9.17) is 9.47 Å². The third-order valence-electron chi connectivity index (χ3n) is 6.93. The van der Waals surface area contributed by atoms with Gasteiger partial charge in [0.05, 0.1) is 18.4 Å². The van der Waals surface area contributed by atoms with Crippen LogP contribution in [0, 0.1) is 29.6 Å². The number of rotatable bonds is 6. The lowest BCUT2D eigenvalue weighted by Crippen LogP contribution is -2.42. The molecule has 5 heteroatoms. The van der Waals surface area contributed by atoms with Crippen molar-refractivity contribution in [2.45, 2.75) is 84.5 Å². The number of carbonyl (C=O) groups is 2. The standard InChI is InChI=1S/C24H36O5/c1-5-15(3)24(27)29-21-11-14(2)10-17-7-6-16(4)20(23(17)21)9-8-19-12-18(25)13-22(26)28-19/h6-7,10,14-16,18-21,23,25H,5,8-9,11-13H2,1-4H3/t14-,15-,16-,18+,19+,20?,21-,23-/m0/s1. The first-order chi connectivity index (χ1) is 13.8. The lowest BCUT2D eigenvalue weighted by molar-refractivity contribution is -0.162. The van der Waals surface area contributed by atoms with Crippen LogP contribution >= 0.6 is 0 Å². The first kappa shape index (κ1) is 22.1. The lowest BCUT2D eigenvalue weighted by Gasteiger charge is -2.43. The summed E-state index contributed by atoms with van der Waals surface area (Å²) in [4.78, 5) is 24.2. The molecule has 5 nitrogen and oxygen atoms in total. The smallest absolute Gasteiger partial charge is 0.308 e. The molecule has 1 unspecified atom stereocenters. The van der Waals surface area contributed by atoms with Crippen molar-refractivity contribution in [2.75, 3.05) is 0 Å². The minimum Gasteiger partial charge on any atom is -0.462 e. The molecule has 3 rings (SSSR count). The Kier molecular flexibility index (Phi) is 7.20. The third kappa shape index (κ3) is 5.30. The summed E-state index contributed by atoms with van der Waals surface area (Å²) in [5, 5.41) is 9.89. The molecule has 0 amide bonds. The molecule has 1 heterocycles. The van der Waals surface area contributed by atoms with Crippen LogP contribution in [0.2, 0.25) is 0 Å². The van der Waals surface area contributed by atoms with E-state index >= 15 is 0 Å². The van der Waals surface area contributed by atoms with Crippen LogP contribution in [0.1, 0.15) is 66.2 Å². The topological polar surface area (TPSA) is 72.8 Å². The van der Waals surface area contributed by atoms with Gasteiger partial charge < -0.3 is 14.6 Å². The molecular weight excluding hydrogens is 368 g/mol. The van der Waals surface area contributed by atoms with Gasteiger partial charge in [0.15, 0.2) is 0 Å². The fraction of sp³-hybridized carbons (Fsp3) is 0.750. The van der Waals surface area contributed by atoms with Crippen LogP contribution in [-0.4, -0.2) is 35.4 Å². The van der Waals surface area contributed by atoms with Crippen molar-refractivity contribution in [3.8, 4) is 0 Å². The van der Waals surface area contributed by atoms with E-state index in [0.717, 1.165) is 25.7 Å². The van der Waals surface area contributed by atoms with Crippen molar-refractivity contribution in [1.82, 2.24) is 0 Å². The number of carbonyl (C=O) groups excluding carboxylic acids is 2. The third-order valence-corrected chi connectivity index (χ3v) is 6.93. The Labute approximate surface area is 174 Å². The number of hydrogen-bond acceptors (Lipinski definition) is 5. The second-order valence-electron chi connectivity index (χ2n) is 9.36. The molecule has 0 aromatic heterocycles. The Balaban J connectivity index is 1.74. The van der Waals surface area contributed by atoms with Gasteiger partial charge in [-0.2, -0.15) is 0 Å². The summed E-state index contributed by atoms with van der Waals surface area (Å²) in [6.07, 6.45) is 9.70. The van der Waals surface area contributed by atoms with E-state index < -0.39 is 6.10 Å². The van der Waals surface area contributed by atoms with E-state index in [1.165, 1.54) is 5.57 Å². The van der Waals surface area contributed by atoms with Crippen LogP contribution in [0.25, 0.3) is 0 Å². The van der Waals surface area contributed by atoms with Crippen LogP contribution in [0.5, 0.6) is 0 Å². The molecule has 0 saturated carbocycles. The fourth-order valence-electron chi connectivity index (χ4n) is 5.07. The van der Waals surface area contributed by atoms with Crippen molar-refractivity contribution in [2.24, 2.45) is 29.6 Å². The Morgan fingerprint density at radius 2 is 2.07 bits per heavy atom. The zero-order valence-electron chi connectivity index (χ0n) is 18.2. The molecule has 0 aromatic carbocycles. The average Bonchev–Trinajstić information content (AvgIpc) is 2.65. The second kappa shape index (κ2) is 9.46. The molecule has 0 radical (unpaired) electrons. The highest BCUT2D eigenvalue weighted by atomic mass is 16.5. The van der Waals surface area contributed by atoms with E-state index in [9.17, 15) is 14.7 Å². The summed E-state index contributed by atoms with van der Waals surface area (Å²) in [5.41, 5.74) is 1.27. The highest BCUT2D eigenvalue weighted by Gasteiger charge is 2.42. The summed E-state index contributed by atoms with van der Waals surface area (Å²) in [6, 6.07) is 0. The number of allylic oxidation sites excluding steroid dienone is 3. The van der Waals surface area contributed by atoms with Crippen LogP contribution in [-0.2, 0) is 19.1 Å². The number of cyclic esters (lactones) is 1. The molecule has 0 bridgehead atoms. The maximum absolute atomic E-state index is 12.5. The quantitative estimate of drug-likeness (QED) is 0.672. The van der Waals surface area contributed by atoms with Crippen molar-refractivity contribution in [1.29, 1.82) is 0 Å². The predicted octanol–water partition coefficient (Wildman–Crippen LogP) is 4.20. The molecule has 8 atom stereocenters. The van der Waals surface area contributed by atoms with Crippen molar-refractivity contribution in [3.63, 3.8) is 0 Å². The number of aliphatic hydroxyl groups excluding tert-OH is 1. The zero-order chi connectivity index (χ0) is 21.1. The van der Waals surface area contributed by atoms with E-state index in [0.29, 0.717) is 24.2 Å². The van der Waals surface area contributed by atoms with Gasteiger partial charge in [0, 0.05) is 12.3 Å². The minimum atomic E-state index is -0.597.